The minimum Gasteiger partial charge on any atom is -0.480 e. The zero-order valence-corrected chi connectivity index (χ0v) is 14.4. The standard InChI is InChI=1S/C16H19BrN2O4/c1-10-7-12(17)4-5-13(10)16(23)19-6-2-3-11(9-19)15(22)18-8-14(20)21/h4-5,7,11H,2-3,6,8-9H2,1H3,(H,18,22)(H,20,21). The van der Waals surface area contributed by atoms with Crippen molar-refractivity contribution in [2.45, 2.75) is 19.8 Å². The van der Waals surface area contributed by atoms with Gasteiger partial charge in [0.25, 0.3) is 5.91 Å². The van der Waals surface area contributed by atoms with E-state index in [0.29, 0.717) is 25.1 Å². The minimum atomic E-state index is -1.08. The molecule has 1 aromatic carbocycles. The number of hydrogen-bond acceptors (Lipinski definition) is 3. The third-order valence-electron chi connectivity index (χ3n) is 3.91. The number of carbonyl (C=O) groups is 3. The van der Waals surface area contributed by atoms with E-state index in [9.17, 15) is 14.4 Å². The van der Waals surface area contributed by atoms with Crippen LogP contribution in [0.25, 0.3) is 0 Å². The van der Waals surface area contributed by atoms with Gasteiger partial charge in [0.05, 0.1) is 5.92 Å². The van der Waals surface area contributed by atoms with Crippen molar-refractivity contribution in [1.82, 2.24) is 10.2 Å². The average Bonchev–Trinajstić information content (AvgIpc) is 2.52. The Hall–Kier alpha value is -1.89. The number of aryl methyl sites for hydroxylation is 1. The Kier molecular flexibility index (Phi) is 5.76. The van der Waals surface area contributed by atoms with Gasteiger partial charge in [-0.25, -0.2) is 0 Å². The Labute approximate surface area is 143 Å². The molecular weight excluding hydrogens is 364 g/mol. The summed E-state index contributed by atoms with van der Waals surface area (Å²) < 4.78 is 0.913. The van der Waals surface area contributed by atoms with E-state index in [1.807, 2.05) is 19.1 Å². The first-order chi connectivity index (χ1) is 10.9. The predicted molar refractivity (Wildman–Crippen MR) is 88.2 cm³/mol. The third kappa shape index (κ3) is 4.54. The molecule has 1 aliphatic rings. The van der Waals surface area contributed by atoms with E-state index in [0.717, 1.165) is 16.5 Å². The molecule has 1 saturated heterocycles. The van der Waals surface area contributed by atoms with Gasteiger partial charge in [-0.15, -0.1) is 0 Å². The lowest BCUT2D eigenvalue weighted by Crippen LogP contribution is -2.46. The largest absolute Gasteiger partial charge is 0.480 e. The van der Waals surface area contributed by atoms with Crippen molar-refractivity contribution < 1.29 is 19.5 Å². The second-order valence-corrected chi connectivity index (χ2v) is 6.58. The summed E-state index contributed by atoms with van der Waals surface area (Å²) in [6, 6.07) is 5.48. The summed E-state index contributed by atoms with van der Waals surface area (Å²) in [4.78, 5) is 36.8. The van der Waals surface area contributed by atoms with Crippen molar-refractivity contribution in [2.24, 2.45) is 5.92 Å². The molecule has 2 N–H and O–H groups in total. The van der Waals surface area contributed by atoms with Crippen LogP contribution >= 0.6 is 15.9 Å². The van der Waals surface area contributed by atoms with E-state index in [4.69, 9.17) is 5.11 Å². The summed E-state index contributed by atoms with van der Waals surface area (Å²) in [5.41, 5.74) is 1.50. The molecule has 2 amide bonds. The summed E-state index contributed by atoms with van der Waals surface area (Å²) in [6.07, 6.45) is 1.39. The van der Waals surface area contributed by atoms with Crippen LogP contribution in [0.4, 0.5) is 0 Å². The first kappa shape index (κ1) is 17.5. The summed E-state index contributed by atoms with van der Waals surface area (Å²) in [7, 11) is 0. The highest BCUT2D eigenvalue weighted by molar-refractivity contribution is 9.10. The lowest BCUT2D eigenvalue weighted by atomic mass is 9.96. The average molecular weight is 383 g/mol. The van der Waals surface area contributed by atoms with Gasteiger partial charge < -0.3 is 15.3 Å². The Morgan fingerprint density at radius 2 is 2.13 bits per heavy atom. The van der Waals surface area contributed by atoms with Gasteiger partial charge in [-0.1, -0.05) is 15.9 Å². The number of rotatable bonds is 4. The van der Waals surface area contributed by atoms with Crippen molar-refractivity contribution in [1.29, 1.82) is 0 Å². The van der Waals surface area contributed by atoms with Crippen molar-refractivity contribution in [3.05, 3.63) is 33.8 Å². The van der Waals surface area contributed by atoms with Crippen molar-refractivity contribution in [2.75, 3.05) is 19.6 Å². The topological polar surface area (TPSA) is 86.7 Å². The van der Waals surface area contributed by atoms with Crippen LogP contribution in [0.1, 0.15) is 28.8 Å². The highest BCUT2D eigenvalue weighted by atomic mass is 79.9. The molecule has 23 heavy (non-hydrogen) atoms. The fourth-order valence-electron chi connectivity index (χ4n) is 2.72. The molecule has 0 saturated carbocycles. The van der Waals surface area contributed by atoms with Crippen LogP contribution in [-0.2, 0) is 9.59 Å². The van der Waals surface area contributed by atoms with Gasteiger partial charge in [0.1, 0.15) is 6.54 Å². The Morgan fingerprint density at radius 3 is 2.78 bits per heavy atom. The smallest absolute Gasteiger partial charge is 0.322 e. The molecule has 0 bridgehead atoms. The number of likely N-dealkylation sites (tertiary alicyclic amines) is 1. The SMILES string of the molecule is Cc1cc(Br)ccc1C(=O)N1CCCC(C(=O)NCC(=O)O)C1. The zero-order chi connectivity index (χ0) is 17.0. The quantitative estimate of drug-likeness (QED) is 0.831. The van der Waals surface area contributed by atoms with Gasteiger partial charge in [-0.3, -0.25) is 14.4 Å². The first-order valence-corrected chi connectivity index (χ1v) is 8.22. The highest BCUT2D eigenvalue weighted by Crippen LogP contribution is 2.22. The molecule has 6 nitrogen and oxygen atoms in total. The molecule has 7 heteroatoms. The predicted octanol–water partition coefficient (Wildman–Crippen LogP) is 1.81. The fraction of sp³-hybridized carbons (Fsp3) is 0.438. The summed E-state index contributed by atoms with van der Waals surface area (Å²) in [6.45, 7) is 2.41. The molecule has 0 aromatic heterocycles. The van der Waals surface area contributed by atoms with Gasteiger partial charge >= 0.3 is 5.97 Å². The third-order valence-corrected chi connectivity index (χ3v) is 4.41. The lowest BCUT2D eigenvalue weighted by molar-refractivity contribution is -0.138. The van der Waals surface area contributed by atoms with E-state index < -0.39 is 12.5 Å². The molecule has 1 fully saturated rings. The van der Waals surface area contributed by atoms with Crippen LogP contribution in [0.2, 0.25) is 0 Å². The van der Waals surface area contributed by atoms with E-state index in [2.05, 4.69) is 21.2 Å². The number of amides is 2. The van der Waals surface area contributed by atoms with Crippen LogP contribution in [0.5, 0.6) is 0 Å². The van der Waals surface area contributed by atoms with Gasteiger partial charge in [0, 0.05) is 23.1 Å². The van der Waals surface area contributed by atoms with Gasteiger partial charge in [0.2, 0.25) is 5.91 Å². The summed E-state index contributed by atoms with van der Waals surface area (Å²) >= 11 is 3.37. The monoisotopic (exact) mass is 382 g/mol. The zero-order valence-electron chi connectivity index (χ0n) is 12.8. The molecule has 2 rings (SSSR count). The van der Waals surface area contributed by atoms with Gasteiger partial charge in [0.15, 0.2) is 0 Å². The van der Waals surface area contributed by atoms with E-state index in [1.54, 1.807) is 11.0 Å². The number of nitrogens with one attached hydrogen (secondary N) is 1. The molecule has 1 unspecified atom stereocenters. The number of carbonyl (C=O) groups excluding carboxylic acids is 2. The number of hydrogen-bond donors (Lipinski definition) is 2. The molecule has 1 aliphatic heterocycles. The van der Waals surface area contributed by atoms with E-state index in [-0.39, 0.29) is 17.7 Å². The molecule has 1 heterocycles. The number of piperidine rings is 1. The van der Waals surface area contributed by atoms with Crippen molar-refractivity contribution in [3.8, 4) is 0 Å². The number of nitrogens with zero attached hydrogens (tertiary/aromatic N) is 1. The van der Waals surface area contributed by atoms with Gasteiger partial charge in [-0.05, 0) is 43.5 Å². The molecule has 124 valence electrons. The summed E-state index contributed by atoms with van der Waals surface area (Å²) in [5.74, 6) is -1.83. The van der Waals surface area contributed by atoms with E-state index >= 15 is 0 Å². The molecule has 0 radical (unpaired) electrons. The summed E-state index contributed by atoms with van der Waals surface area (Å²) in [5, 5.41) is 11.0. The molecular formula is C16H19BrN2O4. The van der Waals surface area contributed by atoms with E-state index in [1.165, 1.54) is 0 Å². The molecule has 0 spiro atoms. The maximum Gasteiger partial charge on any atom is 0.322 e. The van der Waals surface area contributed by atoms with Crippen LogP contribution in [0.15, 0.2) is 22.7 Å². The van der Waals surface area contributed by atoms with Crippen LogP contribution in [0, 0.1) is 12.8 Å². The number of carboxylic acid groups (broad SMARTS) is 1. The number of halogens is 1. The number of benzene rings is 1. The van der Waals surface area contributed by atoms with Crippen LogP contribution in [0.3, 0.4) is 0 Å². The highest BCUT2D eigenvalue weighted by Gasteiger charge is 2.29. The van der Waals surface area contributed by atoms with Crippen LogP contribution in [-0.4, -0.2) is 47.4 Å². The second kappa shape index (κ2) is 7.59. The Morgan fingerprint density at radius 1 is 1.39 bits per heavy atom. The fourth-order valence-corrected chi connectivity index (χ4v) is 3.20. The maximum atomic E-state index is 12.7. The van der Waals surface area contributed by atoms with Gasteiger partial charge in [-0.2, -0.15) is 0 Å². The first-order valence-electron chi connectivity index (χ1n) is 7.43. The van der Waals surface area contributed by atoms with Crippen molar-refractivity contribution in [3.63, 3.8) is 0 Å². The minimum absolute atomic E-state index is 0.0919. The Balaban J connectivity index is 2.04. The van der Waals surface area contributed by atoms with Crippen molar-refractivity contribution >= 4 is 33.7 Å². The lowest BCUT2D eigenvalue weighted by Gasteiger charge is -2.32. The number of carboxylic acids is 1. The molecule has 0 aliphatic carbocycles. The normalized spacial score (nSPS) is 17.7. The van der Waals surface area contributed by atoms with Crippen LogP contribution < -0.4 is 5.32 Å². The number of aliphatic carboxylic acids is 1. The molecule has 1 aromatic rings. The second-order valence-electron chi connectivity index (χ2n) is 5.66. The maximum absolute atomic E-state index is 12.7. The Bertz CT molecular complexity index is 633. The molecule has 1 atom stereocenters.